The molecule has 1 saturated heterocycles. The fraction of sp³-hybridized carbons (Fsp3) is 0.688. The molecule has 22 heavy (non-hydrogen) atoms. The molecule has 2 heterocycles. The summed E-state index contributed by atoms with van der Waals surface area (Å²) in [7, 11) is 0. The van der Waals surface area contributed by atoms with E-state index in [-0.39, 0.29) is 0 Å². The van der Waals surface area contributed by atoms with E-state index >= 15 is 0 Å². The van der Waals surface area contributed by atoms with Gasteiger partial charge >= 0.3 is 0 Å². The van der Waals surface area contributed by atoms with E-state index in [0.717, 1.165) is 25.5 Å². The Labute approximate surface area is 142 Å². The highest BCUT2D eigenvalue weighted by Crippen LogP contribution is 2.40. The molecular formula is C16H24Cl2N4. The van der Waals surface area contributed by atoms with Crippen molar-refractivity contribution in [2.45, 2.75) is 44.9 Å². The number of nitrogens with zero attached hydrogens (tertiary/aromatic N) is 2. The highest BCUT2D eigenvalue weighted by Gasteiger charge is 2.22. The summed E-state index contributed by atoms with van der Waals surface area (Å²) in [6, 6.07) is 0. The topological polar surface area (TPSA) is 54.2 Å². The minimum absolute atomic E-state index is 0.436. The third-order valence-corrected chi connectivity index (χ3v) is 5.54. The Kier molecular flexibility index (Phi) is 5.19. The summed E-state index contributed by atoms with van der Waals surface area (Å²) >= 11 is 12.7. The van der Waals surface area contributed by atoms with Crippen LogP contribution < -0.4 is 16.0 Å². The molecule has 0 aromatic carbocycles. The molecule has 2 aliphatic rings. The molecule has 3 rings (SSSR count). The van der Waals surface area contributed by atoms with E-state index in [1.807, 2.05) is 0 Å². The van der Waals surface area contributed by atoms with Crippen molar-refractivity contribution in [1.29, 1.82) is 0 Å². The first-order valence-electron chi connectivity index (χ1n) is 8.30. The Balaban J connectivity index is 1.77. The van der Waals surface area contributed by atoms with Gasteiger partial charge in [0.2, 0.25) is 0 Å². The number of nitrogen functional groups attached to an aromatic ring is 1. The summed E-state index contributed by atoms with van der Waals surface area (Å²) in [5.41, 5.74) is 6.53. The van der Waals surface area contributed by atoms with E-state index in [0.29, 0.717) is 27.5 Å². The zero-order valence-electron chi connectivity index (χ0n) is 12.9. The number of aromatic nitrogens is 1. The van der Waals surface area contributed by atoms with Crippen LogP contribution in [-0.4, -0.2) is 24.6 Å². The number of nitrogens with one attached hydrogen (secondary N) is 1. The molecule has 4 nitrogen and oxygen atoms in total. The highest BCUT2D eigenvalue weighted by molar-refractivity contribution is 6.41. The average Bonchev–Trinajstić information content (AvgIpc) is 3.07. The number of nitrogens with two attached hydrogens (primary N) is 1. The molecule has 1 aliphatic heterocycles. The van der Waals surface area contributed by atoms with Gasteiger partial charge in [0, 0.05) is 19.6 Å². The summed E-state index contributed by atoms with van der Waals surface area (Å²) < 4.78 is 0. The maximum atomic E-state index is 6.36. The minimum atomic E-state index is 0.436. The van der Waals surface area contributed by atoms with Gasteiger partial charge in [-0.2, -0.15) is 0 Å². The average molecular weight is 343 g/mol. The summed E-state index contributed by atoms with van der Waals surface area (Å²) in [5, 5.41) is 4.34. The lowest BCUT2D eigenvalue weighted by atomic mass is 9.89. The predicted molar refractivity (Wildman–Crippen MR) is 95.2 cm³/mol. The molecule has 0 radical (unpaired) electrons. The number of hydrogen-bond donors (Lipinski definition) is 2. The minimum Gasteiger partial charge on any atom is -0.396 e. The zero-order valence-corrected chi connectivity index (χ0v) is 14.4. The van der Waals surface area contributed by atoms with Crippen LogP contribution in [0, 0.1) is 5.92 Å². The van der Waals surface area contributed by atoms with Crippen LogP contribution in [0.5, 0.6) is 0 Å². The first-order valence-corrected chi connectivity index (χ1v) is 9.05. The lowest BCUT2D eigenvalue weighted by Crippen LogP contribution is -2.22. The first kappa shape index (κ1) is 16.0. The number of halogens is 2. The molecule has 1 aliphatic carbocycles. The largest absolute Gasteiger partial charge is 0.396 e. The van der Waals surface area contributed by atoms with Crippen LogP contribution in [-0.2, 0) is 0 Å². The molecule has 0 unspecified atom stereocenters. The van der Waals surface area contributed by atoms with Crippen molar-refractivity contribution in [3.63, 3.8) is 0 Å². The van der Waals surface area contributed by atoms with Gasteiger partial charge in [0.15, 0.2) is 5.82 Å². The van der Waals surface area contributed by atoms with Crippen molar-refractivity contribution >= 4 is 40.5 Å². The standard InChI is InChI=1S/C16H24Cl2N4/c17-12-14(19)13(18)16(22-8-4-5-9-22)21-15(12)20-10-11-6-2-1-3-7-11/h11H,1-10H2,(H3,19,20,21). The van der Waals surface area contributed by atoms with Gasteiger partial charge in [0.25, 0.3) is 0 Å². The van der Waals surface area contributed by atoms with Gasteiger partial charge < -0.3 is 16.0 Å². The number of anilines is 3. The van der Waals surface area contributed by atoms with Crippen molar-refractivity contribution in [2.24, 2.45) is 5.92 Å². The number of pyridine rings is 1. The quantitative estimate of drug-likeness (QED) is 0.841. The van der Waals surface area contributed by atoms with E-state index in [1.54, 1.807) is 0 Å². The van der Waals surface area contributed by atoms with Crippen LogP contribution >= 0.6 is 23.2 Å². The smallest absolute Gasteiger partial charge is 0.152 e. The van der Waals surface area contributed by atoms with E-state index in [1.165, 1.54) is 44.9 Å². The normalized spacial score (nSPS) is 19.6. The Morgan fingerprint density at radius 2 is 1.73 bits per heavy atom. The van der Waals surface area contributed by atoms with Crippen LogP contribution in [0.3, 0.4) is 0 Å². The summed E-state index contributed by atoms with van der Waals surface area (Å²) in [6.45, 7) is 2.87. The second-order valence-corrected chi connectivity index (χ2v) is 7.16. The Bertz CT molecular complexity index is 523. The van der Waals surface area contributed by atoms with E-state index in [4.69, 9.17) is 28.9 Å². The Morgan fingerprint density at radius 1 is 1.05 bits per heavy atom. The third-order valence-electron chi connectivity index (χ3n) is 4.78. The van der Waals surface area contributed by atoms with Gasteiger partial charge in [0.1, 0.15) is 15.9 Å². The van der Waals surface area contributed by atoms with Crippen molar-refractivity contribution in [2.75, 3.05) is 35.6 Å². The Morgan fingerprint density at radius 3 is 2.41 bits per heavy atom. The maximum absolute atomic E-state index is 6.36. The van der Waals surface area contributed by atoms with Crippen LogP contribution in [0.25, 0.3) is 0 Å². The lowest BCUT2D eigenvalue weighted by Gasteiger charge is -2.24. The molecule has 1 aromatic heterocycles. The summed E-state index contributed by atoms with van der Waals surface area (Å²) in [4.78, 5) is 6.87. The fourth-order valence-corrected chi connectivity index (χ4v) is 3.94. The van der Waals surface area contributed by atoms with E-state index < -0.39 is 0 Å². The lowest BCUT2D eigenvalue weighted by molar-refractivity contribution is 0.373. The second kappa shape index (κ2) is 7.14. The monoisotopic (exact) mass is 342 g/mol. The van der Waals surface area contributed by atoms with Crippen LogP contribution in [0.1, 0.15) is 44.9 Å². The summed E-state index contributed by atoms with van der Waals surface area (Å²) in [5.74, 6) is 2.15. The highest BCUT2D eigenvalue weighted by atomic mass is 35.5. The molecule has 0 spiro atoms. The van der Waals surface area contributed by atoms with Gasteiger partial charge in [-0.15, -0.1) is 0 Å². The maximum Gasteiger partial charge on any atom is 0.152 e. The fourth-order valence-electron chi connectivity index (χ4n) is 3.44. The molecule has 6 heteroatoms. The van der Waals surface area contributed by atoms with E-state index in [2.05, 4.69) is 15.2 Å². The molecule has 1 saturated carbocycles. The molecule has 0 atom stereocenters. The van der Waals surface area contributed by atoms with Crippen molar-refractivity contribution in [1.82, 2.24) is 4.98 Å². The SMILES string of the molecule is Nc1c(Cl)c(NCC2CCCCC2)nc(N2CCCC2)c1Cl. The predicted octanol–water partition coefficient (Wildman–Crippen LogP) is 4.56. The van der Waals surface area contributed by atoms with Gasteiger partial charge in [0.05, 0.1) is 5.69 Å². The van der Waals surface area contributed by atoms with Gasteiger partial charge in [-0.1, -0.05) is 42.5 Å². The van der Waals surface area contributed by atoms with Crippen molar-refractivity contribution in [3.8, 4) is 0 Å². The summed E-state index contributed by atoms with van der Waals surface area (Å²) in [6.07, 6.45) is 8.93. The molecule has 3 N–H and O–H groups in total. The molecule has 0 bridgehead atoms. The molecule has 1 aromatic rings. The van der Waals surface area contributed by atoms with Gasteiger partial charge in [-0.25, -0.2) is 4.98 Å². The van der Waals surface area contributed by atoms with Crippen LogP contribution in [0.4, 0.5) is 17.3 Å². The van der Waals surface area contributed by atoms with Crippen molar-refractivity contribution in [3.05, 3.63) is 10.0 Å². The van der Waals surface area contributed by atoms with Gasteiger partial charge in [-0.3, -0.25) is 0 Å². The number of rotatable bonds is 4. The van der Waals surface area contributed by atoms with Crippen molar-refractivity contribution < 1.29 is 0 Å². The molecular weight excluding hydrogens is 319 g/mol. The number of hydrogen-bond acceptors (Lipinski definition) is 4. The third kappa shape index (κ3) is 3.38. The van der Waals surface area contributed by atoms with Gasteiger partial charge in [-0.05, 0) is 31.6 Å². The molecule has 0 amide bonds. The van der Waals surface area contributed by atoms with Crippen LogP contribution in [0.2, 0.25) is 10.0 Å². The second-order valence-electron chi connectivity index (χ2n) is 6.40. The molecule has 2 fully saturated rings. The first-order chi connectivity index (χ1) is 10.7. The zero-order chi connectivity index (χ0) is 15.5. The molecule has 122 valence electrons. The Hall–Kier alpha value is -0.870. The van der Waals surface area contributed by atoms with Crippen LogP contribution in [0.15, 0.2) is 0 Å². The van der Waals surface area contributed by atoms with E-state index in [9.17, 15) is 0 Å².